The highest BCUT2D eigenvalue weighted by Gasteiger charge is 2.14. The summed E-state index contributed by atoms with van der Waals surface area (Å²) in [4.78, 5) is 0. The lowest BCUT2D eigenvalue weighted by molar-refractivity contribution is 0.217. The van der Waals surface area contributed by atoms with Crippen molar-refractivity contribution >= 4 is 11.6 Å². The van der Waals surface area contributed by atoms with E-state index in [0.29, 0.717) is 17.6 Å². The number of aliphatic hydroxyl groups is 1. The molecule has 1 heterocycles. The van der Waals surface area contributed by atoms with E-state index in [2.05, 4.69) is 24.3 Å². The van der Waals surface area contributed by atoms with E-state index in [9.17, 15) is 5.11 Å². The molecule has 5 heteroatoms. The summed E-state index contributed by atoms with van der Waals surface area (Å²) < 4.78 is 1.84. The third-order valence-corrected chi connectivity index (χ3v) is 3.02. The van der Waals surface area contributed by atoms with Crippen LogP contribution in [0.2, 0.25) is 5.02 Å². The van der Waals surface area contributed by atoms with E-state index in [0.717, 1.165) is 11.4 Å². The highest BCUT2D eigenvalue weighted by molar-refractivity contribution is 6.31. The Morgan fingerprint density at radius 1 is 1.44 bits per heavy atom. The van der Waals surface area contributed by atoms with Gasteiger partial charge in [0.25, 0.3) is 0 Å². The molecular weight excluding hydrogens is 226 g/mol. The Balaban J connectivity index is 2.74. The highest BCUT2D eigenvalue weighted by Crippen LogP contribution is 2.18. The topological polar surface area (TPSA) is 50.1 Å². The number of aryl methyl sites for hydroxylation is 1. The third-order valence-electron chi connectivity index (χ3n) is 2.48. The molecule has 1 atom stereocenters. The van der Waals surface area contributed by atoms with Gasteiger partial charge in [0.15, 0.2) is 0 Å². The fourth-order valence-corrected chi connectivity index (χ4v) is 1.83. The van der Waals surface area contributed by atoms with E-state index in [-0.39, 0.29) is 12.6 Å². The van der Waals surface area contributed by atoms with Crippen LogP contribution in [0.25, 0.3) is 0 Å². The van der Waals surface area contributed by atoms with Gasteiger partial charge in [0.1, 0.15) is 0 Å². The first-order valence-corrected chi connectivity index (χ1v) is 5.90. The van der Waals surface area contributed by atoms with Crippen molar-refractivity contribution in [3.8, 4) is 0 Å². The van der Waals surface area contributed by atoms with E-state index in [1.807, 2.05) is 18.5 Å². The minimum absolute atomic E-state index is 0.00840. The summed E-state index contributed by atoms with van der Waals surface area (Å²) in [6.45, 7) is 8.65. The molecule has 1 unspecified atom stereocenters. The van der Waals surface area contributed by atoms with Crippen LogP contribution in [0.3, 0.4) is 0 Å². The van der Waals surface area contributed by atoms with Crippen LogP contribution < -0.4 is 5.32 Å². The van der Waals surface area contributed by atoms with Crippen LogP contribution in [0.4, 0.5) is 0 Å². The molecule has 1 aromatic heterocycles. The summed E-state index contributed by atoms with van der Waals surface area (Å²) in [5.74, 6) is 0. The molecule has 16 heavy (non-hydrogen) atoms. The van der Waals surface area contributed by atoms with Gasteiger partial charge in [-0.2, -0.15) is 5.10 Å². The lowest BCUT2D eigenvalue weighted by Crippen LogP contribution is -2.41. The summed E-state index contributed by atoms with van der Waals surface area (Å²) in [6, 6.07) is 0.346. The first-order valence-electron chi connectivity index (χ1n) is 5.52. The van der Waals surface area contributed by atoms with Crippen LogP contribution in [0.1, 0.15) is 25.2 Å². The maximum atomic E-state index is 9.27. The summed E-state index contributed by atoms with van der Waals surface area (Å²) in [5.41, 5.74) is 1.78. The second-order valence-corrected chi connectivity index (χ2v) is 4.75. The van der Waals surface area contributed by atoms with Gasteiger partial charge in [0.2, 0.25) is 0 Å². The molecule has 92 valence electrons. The Hall–Kier alpha value is -0.580. The largest absolute Gasteiger partial charge is 0.395 e. The summed E-state index contributed by atoms with van der Waals surface area (Å²) in [6.07, 6.45) is 0. The summed E-state index contributed by atoms with van der Waals surface area (Å²) in [5, 5.41) is 17.6. The van der Waals surface area contributed by atoms with Gasteiger partial charge in [-0.1, -0.05) is 25.4 Å². The number of rotatable bonds is 5. The summed E-state index contributed by atoms with van der Waals surface area (Å²) >= 11 is 6.06. The standard InChI is InChI=1S/C11H20ClN3O/c1-7(2)13-10(6-16)5-15-9(4)11(12)8(3)14-15/h7,10,13,16H,5-6H2,1-4H3. The second kappa shape index (κ2) is 5.66. The third kappa shape index (κ3) is 3.20. The van der Waals surface area contributed by atoms with Crippen molar-refractivity contribution in [2.75, 3.05) is 6.61 Å². The molecule has 0 fully saturated rings. The van der Waals surface area contributed by atoms with E-state index in [4.69, 9.17) is 11.6 Å². The van der Waals surface area contributed by atoms with Crippen LogP contribution in [0.15, 0.2) is 0 Å². The maximum Gasteiger partial charge on any atom is 0.0844 e. The molecule has 0 amide bonds. The monoisotopic (exact) mass is 245 g/mol. The fraction of sp³-hybridized carbons (Fsp3) is 0.727. The van der Waals surface area contributed by atoms with E-state index in [1.54, 1.807) is 0 Å². The Bertz CT molecular complexity index is 349. The van der Waals surface area contributed by atoms with Gasteiger partial charge in [-0.05, 0) is 13.8 Å². The molecule has 0 aliphatic rings. The molecule has 2 N–H and O–H groups in total. The Morgan fingerprint density at radius 3 is 2.44 bits per heavy atom. The predicted molar refractivity (Wildman–Crippen MR) is 65.9 cm³/mol. The van der Waals surface area contributed by atoms with Gasteiger partial charge in [-0.25, -0.2) is 0 Å². The van der Waals surface area contributed by atoms with Crippen LogP contribution in [-0.4, -0.2) is 33.6 Å². The molecule has 0 aromatic carbocycles. The lowest BCUT2D eigenvalue weighted by Gasteiger charge is -2.19. The van der Waals surface area contributed by atoms with Crippen molar-refractivity contribution in [1.29, 1.82) is 0 Å². The number of nitrogens with one attached hydrogen (secondary N) is 1. The van der Waals surface area contributed by atoms with Gasteiger partial charge < -0.3 is 10.4 Å². The minimum Gasteiger partial charge on any atom is -0.395 e. The predicted octanol–water partition coefficient (Wildman–Crippen LogP) is 1.51. The van der Waals surface area contributed by atoms with E-state index in [1.165, 1.54) is 0 Å². The molecule has 0 radical (unpaired) electrons. The molecule has 4 nitrogen and oxygen atoms in total. The van der Waals surface area contributed by atoms with Crippen molar-refractivity contribution in [3.63, 3.8) is 0 Å². The zero-order valence-electron chi connectivity index (χ0n) is 10.3. The molecule has 0 aliphatic heterocycles. The molecule has 0 saturated carbocycles. The Morgan fingerprint density at radius 2 is 2.06 bits per heavy atom. The van der Waals surface area contributed by atoms with Crippen LogP contribution >= 0.6 is 11.6 Å². The van der Waals surface area contributed by atoms with Gasteiger partial charge >= 0.3 is 0 Å². The number of aromatic nitrogens is 2. The number of hydrogen-bond donors (Lipinski definition) is 2. The fourth-order valence-electron chi connectivity index (χ4n) is 1.70. The number of aliphatic hydroxyl groups excluding tert-OH is 1. The van der Waals surface area contributed by atoms with Crippen LogP contribution in [-0.2, 0) is 6.54 Å². The maximum absolute atomic E-state index is 9.27. The number of nitrogens with zero attached hydrogens (tertiary/aromatic N) is 2. The molecule has 1 rings (SSSR count). The Kier molecular flexibility index (Phi) is 4.77. The number of hydrogen-bond acceptors (Lipinski definition) is 3. The van der Waals surface area contributed by atoms with E-state index < -0.39 is 0 Å². The van der Waals surface area contributed by atoms with Gasteiger partial charge in [-0.15, -0.1) is 0 Å². The molecular formula is C11H20ClN3O. The van der Waals surface area contributed by atoms with Crippen LogP contribution in [0, 0.1) is 13.8 Å². The minimum atomic E-state index is 0.00840. The SMILES string of the molecule is Cc1nn(CC(CO)NC(C)C)c(C)c1Cl. The van der Waals surface area contributed by atoms with Crippen LogP contribution in [0.5, 0.6) is 0 Å². The zero-order valence-corrected chi connectivity index (χ0v) is 11.0. The van der Waals surface area contributed by atoms with Crippen molar-refractivity contribution < 1.29 is 5.11 Å². The molecule has 1 aromatic rings. The van der Waals surface area contributed by atoms with Gasteiger partial charge in [0, 0.05) is 6.04 Å². The zero-order chi connectivity index (χ0) is 12.3. The average Bonchev–Trinajstić information content (AvgIpc) is 2.45. The van der Waals surface area contributed by atoms with Gasteiger partial charge in [0.05, 0.1) is 35.6 Å². The van der Waals surface area contributed by atoms with Crippen molar-refractivity contribution in [2.45, 2.75) is 46.3 Å². The summed E-state index contributed by atoms with van der Waals surface area (Å²) in [7, 11) is 0. The molecule has 0 aliphatic carbocycles. The smallest absolute Gasteiger partial charge is 0.0844 e. The lowest BCUT2D eigenvalue weighted by atomic mass is 10.2. The van der Waals surface area contributed by atoms with Crippen molar-refractivity contribution in [2.24, 2.45) is 0 Å². The first kappa shape index (κ1) is 13.5. The quantitative estimate of drug-likeness (QED) is 0.827. The second-order valence-electron chi connectivity index (χ2n) is 4.37. The van der Waals surface area contributed by atoms with Gasteiger partial charge in [-0.3, -0.25) is 4.68 Å². The first-order chi connectivity index (χ1) is 7.45. The number of halogens is 1. The molecule has 0 saturated heterocycles. The Labute approximate surface area is 102 Å². The van der Waals surface area contributed by atoms with Crippen molar-refractivity contribution in [3.05, 3.63) is 16.4 Å². The van der Waals surface area contributed by atoms with E-state index >= 15 is 0 Å². The molecule has 0 spiro atoms. The average molecular weight is 246 g/mol. The highest BCUT2D eigenvalue weighted by atomic mass is 35.5. The molecule has 0 bridgehead atoms. The normalized spacial score (nSPS) is 13.4. The van der Waals surface area contributed by atoms with Crippen molar-refractivity contribution in [1.82, 2.24) is 15.1 Å².